The van der Waals surface area contributed by atoms with Gasteiger partial charge in [-0.1, -0.05) is 0 Å². The van der Waals surface area contributed by atoms with Crippen molar-refractivity contribution >= 4 is 0 Å². The van der Waals surface area contributed by atoms with Gasteiger partial charge in [0.05, 0.1) is 12.5 Å². The topological polar surface area (TPSA) is 28.4 Å². The molecule has 0 amide bonds. The molecular weight excluding hydrogens is 212 g/mol. The Labute approximate surface area is 104 Å². The van der Waals surface area contributed by atoms with Crippen LogP contribution in [-0.4, -0.2) is 31.1 Å². The van der Waals surface area contributed by atoms with Crippen LogP contribution in [0.1, 0.15) is 44.2 Å². The van der Waals surface area contributed by atoms with Gasteiger partial charge in [0, 0.05) is 23.7 Å². The molecule has 1 unspecified atom stereocenters. The van der Waals surface area contributed by atoms with E-state index in [-0.39, 0.29) is 0 Å². The lowest BCUT2D eigenvalue weighted by Crippen LogP contribution is -2.40. The number of nitrogens with zero attached hydrogens (tertiary/aromatic N) is 1. The van der Waals surface area contributed by atoms with Crippen LogP contribution in [-0.2, 0) is 0 Å². The van der Waals surface area contributed by atoms with Crippen molar-refractivity contribution < 1.29 is 4.42 Å². The summed E-state index contributed by atoms with van der Waals surface area (Å²) >= 11 is 0. The first-order valence-electron chi connectivity index (χ1n) is 6.63. The van der Waals surface area contributed by atoms with Crippen molar-refractivity contribution in [2.45, 2.75) is 50.7 Å². The Morgan fingerprint density at radius 2 is 2.06 bits per heavy atom. The summed E-state index contributed by atoms with van der Waals surface area (Å²) in [5, 5.41) is 3.39. The van der Waals surface area contributed by atoms with Crippen LogP contribution in [0, 0.1) is 0 Å². The van der Waals surface area contributed by atoms with Gasteiger partial charge in [-0.25, -0.2) is 0 Å². The number of hydrogen-bond donors (Lipinski definition) is 1. The van der Waals surface area contributed by atoms with Gasteiger partial charge in [0.25, 0.3) is 0 Å². The Morgan fingerprint density at radius 3 is 2.59 bits per heavy atom. The molecule has 1 aliphatic carbocycles. The van der Waals surface area contributed by atoms with E-state index in [1.807, 2.05) is 6.26 Å². The SMILES string of the molecule is CNC1CCC(N(C)C(C)c2ccoc2)CC1. The Hall–Kier alpha value is -0.800. The van der Waals surface area contributed by atoms with Crippen molar-refractivity contribution in [1.29, 1.82) is 0 Å². The molecule has 0 bridgehead atoms. The van der Waals surface area contributed by atoms with E-state index >= 15 is 0 Å². The van der Waals surface area contributed by atoms with E-state index in [4.69, 9.17) is 4.42 Å². The lowest BCUT2D eigenvalue weighted by Gasteiger charge is -2.37. The maximum Gasteiger partial charge on any atom is 0.0950 e. The smallest absolute Gasteiger partial charge is 0.0950 e. The Morgan fingerprint density at radius 1 is 1.35 bits per heavy atom. The Bertz CT molecular complexity index is 315. The van der Waals surface area contributed by atoms with Crippen LogP contribution in [0.5, 0.6) is 0 Å². The molecule has 1 N–H and O–H groups in total. The van der Waals surface area contributed by atoms with Crippen LogP contribution in [0.15, 0.2) is 23.0 Å². The fourth-order valence-corrected chi connectivity index (χ4v) is 2.84. The lowest BCUT2D eigenvalue weighted by atomic mass is 9.89. The minimum Gasteiger partial charge on any atom is -0.472 e. The third kappa shape index (κ3) is 2.90. The first-order valence-corrected chi connectivity index (χ1v) is 6.63. The lowest BCUT2D eigenvalue weighted by molar-refractivity contribution is 0.136. The van der Waals surface area contributed by atoms with E-state index < -0.39 is 0 Å². The van der Waals surface area contributed by atoms with E-state index in [0.717, 1.165) is 6.04 Å². The molecule has 1 aromatic rings. The van der Waals surface area contributed by atoms with Gasteiger partial charge in [0.1, 0.15) is 0 Å². The van der Waals surface area contributed by atoms with Gasteiger partial charge >= 0.3 is 0 Å². The van der Waals surface area contributed by atoms with E-state index in [9.17, 15) is 0 Å². The minimum absolute atomic E-state index is 0.449. The highest BCUT2D eigenvalue weighted by atomic mass is 16.3. The van der Waals surface area contributed by atoms with E-state index in [1.54, 1.807) is 6.26 Å². The van der Waals surface area contributed by atoms with Crippen LogP contribution >= 0.6 is 0 Å². The second kappa shape index (κ2) is 5.69. The summed E-state index contributed by atoms with van der Waals surface area (Å²) in [6, 6.07) is 3.96. The average Bonchev–Trinajstić information content (AvgIpc) is 2.91. The molecular formula is C14H24N2O. The van der Waals surface area contributed by atoms with Crippen molar-refractivity contribution in [2.75, 3.05) is 14.1 Å². The quantitative estimate of drug-likeness (QED) is 0.871. The summed E-state index contributed by atoms with van der Waals surface area (Å²) in [7, 11) is 4.31. The van der Waals surface area contributed by atoms with Crippen molar-refractivity contribution in [3.63, 3.8) is 0 Å². The van der Waals surface area contributed by atoms with Crippen molar-refractivity contribution in [1.82, 2.24) is 10.2 Å². The standard InChI is InChI=1S/C14H24N2O/c1-11(12-8-9-17-10-12)16(3)14-6-4-13(15-2)5-7-14/h8-11,13-15H,4-7H2,1-3H3. The highest BCUT2D eigenvalue weighted by Gasteiger charge is 2.26. The first-order chi connectivity index (χ1) is 8.22. The Kier molecular flexibility index (Phi) is 4.24. The normalized spacial score (nSPS) is 27.3. The molecule has 17 heavy (non-hydrogen) atoms. The van der Waals surface area contributed by atoms with Gasteiger partial charge < -0.3 is 9.73 Å². The summed E-state index contributed by atoms with van der Waals surface area (Å²) in [4.78, 5) is 2.50. The highest BCUT2D eigenvalue weighted by Crippen LogP contribution is 2.28. The maximum absolute atomic E-state index is 5.17. The summed E-state index contributed by atoms with van der Waals surface area (Å²) in [5.74, 6) is 0. The molecule has 1 fully saturated rings. The molecule has 3 nitrogen and oxygen atoms in total. The van der Waals surface area contributed by atoms with E-state index in [2.05, 4.69) is 37.3 Å². The minimum atomic E-state index is 0.449. The fourth-order valence-electron chi connectivity index (χ4n) is 2.84. The molecule has 1 atom stereocenters. The molecule has 1 heterocycles. The third-order valence-electron chi connectivity index (χ3n) is 4.32. The third-order valence-corrected chi connectivity index (χ3v) is 4.32. The predicted molar refractivity (Wildman–Crippen MR) is 70.0 cm³/mol. The summed E-state index contributed by atoms with van der Waals surface area (Å²) in [5.41, 5.74) is 1.28. The Balaban J connectivity index is 1.90. The average molecular weight is 236 g/mol. The zero-order chi connectivity index (χ0) is 12.3. The second-order valence-corrected chi connectivity index (χ2v) is 5.19. The largest absolute Gasteiger partial charge is 0.472 e. The number of nitrogens with one attached hydrogen (secondary N) is 1. The zero-order valence-electron chi connectivity index (χ0n) is 11.1. The number of rotatable bonds is 4. The first kappa shape index (κ1) is 12.7. The summed E-state index contributed by atoms with van der Waals surface area (Å²) < 4.78 is 5.17. The molecule has 2 rings (SSSR count). The molecule has 0 spiro atoms. The van der Waals surface area contributed by atoms with Gasteiger partial charge in [-0.05, 0) is 52.8 Å². The molecule has 0 aliphatic heterocycles. The van der Waals surface area contributed by atoms with Gasteiger partial charge in [0.15, 0.2) is 0 Å². The monoisotopic (exact) mass is 236 g/mol. The predicted octanol–water partition coefficient (Wildman–Crippen LogP) is 2.80. The molecule has 1 saturated carbocycles. The van der Waals surface area contributed by atoms with Crippen molar-refractivity contribution in [3.05, 3.63) is 24.2 Å². The van der Waals surface area contributed by atoms with E-state index in [1.165, 1.54) is 31.2 Å². The number of hydrogen-bond acceptors (Lipinski definition) is 3. The van der Waals surface area contributed by atoms with Gasteiger partial charge in [-0.2, -0.15) is 0 Å². The second-order valence-electron chi connectivity index (χ2n) is 5.19. The zero-order valence-corrected chi connectivity index (χ0v) is 11.1. The molecule has 0 saturated heterocycles. The molecule has 1 aromatic heterocycles. The van der Waals surface area contributed by atoms with Gasteiger partial charge in [-0.3, -0.25) is 4.90 Å². The van der Waals surface area contributed by atoms with Crippen LogP contribution < -0.4 is 5.32 Å². The summed E-state index contributed by atoms with van der Waals surface area (Å²) in [6.45, 7) is 2.26. The van der Waals surface area contributed by atoms with Crippen LogP contribution in [0.3, 0.4) is 0 Å². The van der Waals surface area contributed by atoms with Crippen LogP contribution in [0.4, 0.5) is 0 Å². The highest BCUT2D eigenvalue weighted by molar-refractivity contribution is 5.11. The van der Waals surface area contributed by atoms with Crippen molar-refractivity contribution in [3.8, 4) is 0 Å². The molecule has 1 aliphatic rings. The number of furan rings is 1. The van der Waals surface area contributed by atoms with Crippen LogP contribution in [0.2, 0.25) is 0 Å². The van der Waals surface area contributed by atoms with Crippen LogP contribution in [0.25, 0.3) is 0 Å². The summed E-state index contributed by atoms with van der Waals surface area (Å²) in [6.07, 6.45) is 8.81. The van der Waals surface area contributed by atoms with Gasteiger partial charge in [-0.15, -0.1) is 0 Å². The maximum atomic E-state index is 5.17. The molecule has 0 aromatic carbocycles. The molecule has 3 heteroatoms. The fraction of sp³-hybridized carbons (Fsp3) is 0.714. The van der Waals surface area contributed by atoms with E-state index in [0.29, 0.717) is 12.1 Å². The molecule has 96 valence electrons. The molecule has 0 radical (unpaired) electrons. The van der Waals surface area contributed by atoms with Gasteiger partial charge in [0.2, 0.25) is 0 Å². The van der Waals surface area contributed by atoms with Crippen molar-refractivity contribution in [2.24, 2.45) is 0 Å².